The minimum Gasteiger partial charge on any atom is -0.207 e. The Morgan fingerprint density at radius 2 is 1.52 bits per heavy atom. The molecule has 0 aliphatic rings. The number of aryl methyl sites for hydroxylation is 2. The third-order valence-electron chi connectivity index (χ3n) is 3.85. The summed E-state index contributed by atoms with van der Waals surface area (Å²) in [6.07, 6.45) is 0. The predicted octanol–water partition coefficient (Wildman–Crippen LogP) is 6.22. The van der Waals surface area contributed by atoms with Gasteiger partial charge in [-0.05, 0) is 59.2 Å². The molecule has 0 aliphatic heterocycles. The van der Waals surface area contributed by atoms with Crippen LogP contribution in [0, 0.1) is 19.7 Å². The summed E-state index contributed by atoms with van der Waals surface area (Å²) in [4.78, 5) is 0.0773. The van der Waals surface area contributed by atoms with E-state index in [-0.39, 0.29) is 16.1 Å². The van der Waals surface area contributed by atoms with Gasteiger partial charge in [-0.15, -0.1) is 0 Å². The van der Waals surface area contributed by atoms with E-state index < -0.39 is 0 Å². The molecule has 1 unspecified atom stereocenters. The first-order valence-corrected chi connectivity index (χ1v) is 8.13. The van der Waals surface area contributed by atoms with Crippen LogP contribution in [0.1, 0.15) is 53.4 Å². The highest BCUT2D eigenvalue weighted by molar-refractivity contribution is 9.09. The quantitative estimate of drug-likeness (QED) is 0.564. The Morgan fingerprint density at radius 3 is 2.05 bits per heavy atom. The molecule has 2 heteroatoms. The van der Waals surface area contributed by atoms with Gasteiger partial charge in [0.05, 0.1) is 4.83 Å². The zero-order valence-electron chi connectivity index (χ0n) is 13.3. The van der Waals surface area contributed by atoms with Crippen molar-refractivity contribution in [1.29, 1.82) is 0 Å². The summed E-state index contributed by atoms with van der Waals surface area (Å²) in [6.45, 7) is 10.6. The number of halogens is 2. The maximum Gasteiger partial charge on any atom is 0.123 e. The average molecular weight is 349 g/mol. The van der Waals surface area contributed by atoms with Gasteiger partial charge in [-0.2, -0.15) is 0 Å². The van der Waals surface area contributed by atoms with Crippen molar-refractivity contribution in [1.82, 2.24) is 0 Å². The standard InChI is InChI=1S/C19H22BrF/c1-12-10-14(21)11-13(2)17(12)18(20)15-8-6-7-9-16(15)19(3,4)5/h6-11,18H,1-5H3. The molecule has 0 heterocycles. The Morgan fingerprint density at radius 1 is 1.00 bits per heavy atom. The molecule has 2 aromatic carbocycles. The largest absolute Gasteiger partial charge is 0.207 e. The SMILES string of the molecule is Cc1cc(F)cc(C)c1C(Br)c1ccccc1C(C)(C)C. The fraction of sp³-hybridized carbons (Fsp3) is 0.368. The molecule has 0 saturated carbocycles. The van der Waals surface area contributed by atoms with Crippen molar-refractivity contribution in [2.75, 3.05) is 0 Å². The van der Waals surface area contributed by atoms with E-state index in [1.165, 1.54) is 11.1 Å². The summed E-state index contributed by atoms with van der Waals surface area (Å²) < 4.78 is 13.5. The van der Waals surface area contributed by atoms with Crippen molar-refractivity contribution in [3.05, 3.63) is 70.0 Å². The topological polar surface area (TPSA) is 0 Å². The Labute approximate surface area is 135 Å². The lowest BCUT2D eigenvalue weighted by Crippen LogP contribution is -2.15. The van der Waals surface area contributed by atoms with Gasteiger partial charge in [0, 0.05) is 0 Å². The van der Waals surface area contributed by atoms with Gasteiger partial charge in [0.15, 0.2) is 0 Å². The number of hydrogen-bond donors (Lipinski definition) is 0. The summed E-state index contributed by atoms with van der Waals surface area (Å²) in [7, 11) is 0. The molecule has 0 amide bonds. The Kier molecular flexibility index (Phi) is 4.57. The van der Waals surface area contributed by atoms with Gasteiger partial charge in [0.2, 0.25) is 0 Å². The lowest BCUT2D eigenvalue weighted by atomic mass is 9.81. The van der Waals surface area contributed by atoms with Crippen molar-refractivity contribution in [3.8, 4) is 0 Å². The molecule has 0 nitrogen and oxygen atoms in total. The van der Waals surface area contributed by atoms with E-state index in [0.29, 0.717) is 0 Å². The molecular formula is C19H22BrF. The molecule has 21 heavy (non-hydrogen) atoms. The number of rotatable bonds is 2. The van der Waals surface area contributed by atoms with Gasteiger partial charge >= 0.3 is 0 Å². The predicted molar refractivity (Wildman–Crippen MR) is 91.8 cm³/mol. The van der Waals surface area contributed by atoms with E-state index in [9.17, 15) is 4.39 Å². The van der Waals surface area contributed by atoms with E-state index in [4.69, 9.17) is 0 Å². The molecule has 0 saturated heterocycles. The van der Waals surface area contributed by atoms with Crippen molar-refractivity contribution in [3.63, 3.8) is 0 Å². The monoisotopic (exact) mass is 348 g/mol. The molecular weight excluding hydrogens is 327 g/mol. The molecule has 2 aromatic rings. The molecule has 0 aromatic heterocycles. The Hall–Kier alpha value is -1.15. The zero-order valence-corrected chi connectivity index (χ0v) is 14.9. The van der Waals surface area contributed by atoms with Gasteiger partial charge in [0.1, 0.15) is 5.82 Å². The smallest absolute Gasteiger partial charge is 0.123 e. The second-order valence-corrected chi connectivity index (χ2v) is 7.57. The van der Waals surface area contributed by atoms with Gasteiger partial charge in [-0.1, -0.05) is 61.0 Å². The van der Waals surface area contributed by atoms with Crippen LogP contribution < -0.4 is 0 Å². The summed E-state index contributed by atoms with van der Waals surface area (Å²) in [5.74, 6) is -0.169. The highest BCUT2D eigenvalue weighted by atomic mass is 79.9. The van der Waals surface area contributed by atoms with Crippen LogP contribution in [0.5, 0.6) is 0 Å². The molecule has 0 fully saturated rings. The van der Waals surface area contributed by atoms with Crippen LogP contribution in [-0.4, -0.2) is 0 Å². The summed E-state index contributed by atoms with van der Waals surface area (Å²) in [5, 5.41) is 0. The first-order chi connectivity index (χ1) is 9.71. The first-order valence-electron chi connectivity index (χ1n) is 7.22. The highest BCUT2D eigenvalue weighted by Gasteiger charge is 2.24. The molecule has 0 spiro atoms. The van der Waals surface area contributed by atoms with Gasteiger partial charge in [-0.25, -0.2) is 4.39 Å². The third kappa shape index (κ3) is 3.37. The minimum atomic E-state index is -0.169. The highest BCUT2D eigenvalue weighted by Crippen LogP contribution is 2.40. The molecule has 0 N–H and O–H groups in total. The van der Waals surface area contributed by atoms with E-state index >= 15 is 0 Å². The summed E-state index contributed by atoms with van der Waals surface area (Å²) in [6, 6.07) is 11.7. The molecule has 0 radical (unpaired) electrons. The third-order valence-corrected chi connectivity index (χ3v) is 4.80. The van der Waals surface area contributed by atoms with E-state index in [1.807, 2.05) is 13.8 Å². The summed E-state index contributed by atoms with van der Waals surface area (Å²) in [5.41, 5.74) is 5.77. The number of benzene rings is 2. The van der Waals surface area contributed by atoms with Crippen LogP contribution in [0.15, 0.2) is 36.4 Å². The first kappa shape index (κ1) is 16.2. The van der Waals surface area contributed by atoms with Crippen LogP contribution >= 0.6 is 15.9 Å². The van der Waals surface area contributed by atoms with Crippen molar-refractivity contribution in [2.24, 2.45) is 0 Å². The van der Waals surface area contributed by atoms with Crippen LogP contribution in [0.25, 0.3) is 0 Å². The van der Waals surface area contributed by atoms with Crippen molar-refractivity contribution in [2.45, 2.75) is 44.9 Å². The van der Waals surface area contributed by atoms with E-state index in [0.717, 1.165) is 16.7 Å². The molecule has 2 rings (SSSR count). The van der Waals surface area contributed by atoms with E-state index in [1.54, 1.807) is 12.1 Å². The second-order valence-electron chi connectivity index (χ2n) is 6.65. The van der Waals surface area contributed by atoms with Crippen LogP contribution in [0.3, 0.4) is 0 Å². The normalized spacial score (nSPS) is 13.3. The molecule has 1 atom stereocenters. The van der Waals surface area contributed by atoms with Gasteiger partial charge < -0.3 is 0 Å². The Bertz CT molecular complexity index is 630. The number of alkyl halides is 1. The zero-order chi connectivity index (χ0) is 15.8. The fourth-order valence-electron chi connectivity index (χ4n) is 2.88. The van der Waals surface area contributed by atoms with Crippen LogP contribution in [0.4, 0.5) is 4.39 Å². The lowest BCUT2D eigenvalue weighted by Gasteiger charge is -2.26. The fourth-order valence-corrected chi connectivity index (χ4v) is 4.00. The number of hydrogen-bond acceptors (Lipinski definition) is 0. The Balaban J connectivity index is 2.59. The maximum absolute atomic E-state index is 13.5. The average Bonchev–Trinajstić information content (AvgIpc) is 2.36. The summed E-state index contributed by atoms with van der Waals surface area (Å²) >= 11 is 3.84. The van der Waals surface area contributed by atoms with Gasteiger partial charge in [0.25, 0.3) is 0 Å². The van der Waals surface area contributed by atoms with E-state index in [2.05, 4.69) is 61.0 Å². The second kappa shape index (κ2) is 5.92. The van der Waals surface area contributed by atoms with Gasteiger partial charge in [-0.3, -0.25) is 0 Å². The van der Waals surface area contributed by atoms with Crippen molar-refractivity contribution < 1.29 is 4.39 Å². The molecule has 0 aliphatic carbocycles. The van der Waals surface area contributed by atoms with Crippen molar-refractivity contribution >= 4 is 15.9 Å². The van der Waals surface area contributed by atoms with Crippen LogP contribution in [-0.2, 0) is 5.41 Å². The maximum atomic E-state index is 13.5. The lowest BCUT2D eigenvalue weighted by molar-refractivity contribution is 0.583. The minimum absolute atomic E-state index is 0.0739. The van der Waals surface area contributed by atoms with Crippen LogP contribution in [0.2, 0.25) is 0 Å². The molecule has 112 valence electrons. The molecule has 0 bridgehead atoms.